The van der Waals surface area contributed by atoms with E-state index in [0.29, 0.717) is 27.0 Å². The molecule has 0 spiro atoms. The van der Waals surface area contributed by atoms with Gasteiger partial charge in [0.05, 0.1) is 16.8 Å². The van der Waals surface area contributed by atoms with Gasteiger partial charge in [-0.1, -0.05) is 46.9 Å². The number of likely N-dealkylation sites (tertiary alicyclic amines) is 2. The van der Waals surface area contributed by atoms with Gasteiger partial charge in [0.1, 0.15) is 0 Å². The lowest BCUT2D eigenvalue weighted by Gasteiger charge is -2.36. The number of urea groups is 1. The molecular weight excluding hydrogens is 467 g/mol. The molecule has 3 N–H and O–H groups in total. The lowest BCUT2D eigenvalue weighted by molar-refractivity contribution is 0.153. The molecule has 2 amide bonds. The highest BCUT2D eigenvalue weighted by atomic mass is 35.5. The molecule has 2 aliphatic rings. The van der Waals surface area contributed by atoms with Crippen molar-refractivity contribution in [1.29, 1.82) is 0 Å². The molecule has 2 aromatic rings. The van der Waals surface area contributed by atoms with E-state index in [1.807, 2.05) is 18.2 Å². The van der Waals surface area contributed by atoms with Gasteiger partial charge in [0.2, 0.25) is 0 Å². The number of benzene rings is 2. The van der Waals surface area contributed by atoms with Gasteiger partial charge in [-0.15, -0.1) is 0 Å². The fraction of sp³-hybridized carbons (Fsp3) is 0.458. The normalized spacial score (nSPS) is 21.0. The summed E-state index contributed by atoms with van der Waals surface area (Å²) in [6, 6.07) is 11.9. The van der Waals surface area contributed by atoms with Crippen molar-refractivity contribution in [2.24, 2.45) is 5.73 Å². The van der Waals surface area contributed by atoms with Crippen molar-refractivity contribution < 1.29 is 4.79 Å². The molecule has 2 saturated heterocycles. The van der Waals surface area contributed by atoms with Gasteiger partial charge < -0.3 is 16.0 Å². The van der Waals surface area contributed by atoms with Crippen LogP contribution in [0.2, 0.25) is 15.1 Å². The first kappa shape index (κ1) is 23.5. The van der Waals surface area contributed by atoms with E-state index in [0.717, 1.165) is 56.7 Å². The van der Waals surface area contributed by atoms with Gasteiger partial charge in [0.25, 0.3) is 0 Å². The summed E-state index contributed by atoms with van der Waals surface area (Å²) in [6.45, 7) is 5.64. The number of piperidine rings is 1. The highest BCUT2D eigenvalue weighted by Gasteiger charge is 2.32. The monoisotopic (exact) mass is 494 g/mol. The smallest absolute Gasteiger partial charge is 0.314 e. The first-order valence-corrected chi connectivity index (χ1v) is 12.2. The topological polar surface area (TPSA) is 61.6 Å². The maximum absolute atomic E-state index is 11.4. The largest absolute Gasteiger partial charge is 0.377 e. The van der Waals surface area contributed by atoms with Crippen LogP contribution in [0.4, 0.5) is 10.5 Å². The minimum absolute atomic E-state index is 0.00932. The molecule has 4 rings (SSSR count). The minimum Gasteiger partial charge on any atom is -0.377 e. The van der Waals surface area contributed by atoms with E-state index in [-0.39, 0.29) is 12.1 Å². The van der Waals surface area contributed by atoms with E-state index in [4.69, 9.17) is 40.5 Å². The summed E-state index contributed by atoms with van der Waals surface area (Å²) in [5.41, 5.74) is 8.63. The molecule has 2 fully saturated rings. The number of anilines is 1. The van der Waals surface area contributed by atoms with E-state index < -0.39 is 0 Å². The number of nitrogens with one attached hydrogen (secondary N) is 1. The maximum Gasteiger partial charge on any atom is 0.314 e. The second-order valence-corrected chi connectivity index (χ2v) is 10.1. The predicted molar refractivity (Wildman–Crippen MR) is 133 cm³/mol. The standard InChI is InChI=1S/C24H29Cl3N4O/c1-15(20-4-3-18(25)13-22(20)27)29-23-12-17(2-5-21(23)26)16-6-9-30(10-7-16)19-8-11-31(14-19)24(28)32/h2-5,12-13,15-16,19,29H,6-11,14H2,1H3,(H2,28,32). The molecule has 0 bridgehead atoms. The van der Waals surface area contributed by atoms with Gasteiger partial charge in [0.15, 0.2) is 0 Å². The zero-order valence-electron chi connectivity index (χ0n) is 18.2. The molecule has 5 nitrogen and oxygen atoms in total. The molecule has 2 unspecified atom stereocenters. The summed E-state index contributed by atoms with van der Waals surface area (Å²) in [4.78, 5) is 15.7. The Morgan fingerprint density at radius 2 is 1.78 bits per heavy atom. The number of amides is 2. The van der Waals surface area contributed by atoms with E-state index in [1.165, 1.54) is 5.56 Å². The zero-order chi connectivity index (χ0) is 22.8. The molecule has 2 aliphatic heterocycles. The summed E-state index contributed by atoms with van der Waals surface area (Å²) in [6.07, 6.45) is 3.19. The van der Waals surface area contributed by atoms with Crippen LogP contribution in [0.3, 0.4) is 0 Å². The number of nitrogens with two attached hydrogens (primary N) is 1. The third kappa shape index (κ3) is 5.28. The molecular formula is C24H29Cl3N4O. The number of carbonyl (C=O) groups excluding carboxylic acids is 1. The van der Waals surface area contributed by atoms with Crippen LogP contribution in [0.25, 0.3) is 0 Å². The number of hydrogen-bond acceptors (Lipinski definition) is 3. The van der Waals surface area contributed by atoms with E-state index in [2.05, 4.69) is 29.3 Å². The summed E-state index contributed by atoms with van der Waals surface area (Å²) in [7, 11) is 0. The molecule has 0 saturated carbocycles. The summed E-state index contributed by atoms with van der Waals surface area (Å²) >= 11 is 18.9. The van der Waals surface area contributed by atoms with Crippen molar-refractivity contribution >= 4 is 46.5 Å². The maximum atomic E-state index is 11.4. The Labute approximate surface area is 204 Å². The number of primary amides is 1. The van der Waals surface area contributed by atoms with Crippen molar-refractivity contribution in [3.63, 3.8) is 0 Å². The molecule has 172 valence electrons. The van der Waals surface area contributed by atoms with Crippen LogP contribution < -0.4 is 11.1 Å². The van der Waals surface area contributed by atoms with Gasteiger partial charge in [-0.25, -0.2) is 4.79 Å². The lowest BCUT2D eigenvalue weighted by atomic mass is 9.88. The Morgan fingerprint density at radius 3 is 2.44 bits per heavy atom. The van der Waals surface area contributed by atoms with E-state index in [1.54, 1.807) is 11.0 Å². The van der Waals surface area contributed by atoms with E-state index >= 15 is 0 Å². The van der Waals surface area contributed by atoms with Crippen molar-refractivity contribution in [3.8, 4) is 0 Å². The van der Waals surface area contributed by atoms with Crippen LogP contribution >= 0.6 is 34.8 Å². The Morgan fingerprint density at radius 1 is 1.03 bits per heavy atom. The van der Waals surface area contributed by atoms with Crippen LogP contribution in [0, 0.1) is 0 Å². The predicted octanol–water partition coefficient (Wildman–Crippen LogP) is 6.15. The van der Waals surface area contributed by atoms with Crippen LogP contribution in [0.5, 0.6) is 0 Å². The molecule has 2 heterocycles. The van der Waals surface area contributed by atoms with Crippen LogP contribution in [-0.2, 0) is 0 Å². The number of nitrogens with zero attached hydrogens (tertiary/aromatic N) is 2. The van der Waals surface area contributed by atoms with Crippen LogP contribution in [0.15, 0.2) is 36.4 Å². The molecule has 0 aromatic heterocycles. The Bertz CT molecular complexity index is 978. The second-order valence-electron chi connectivity index (χ2n) is 8.81. The summed E-state index contributed by atoms with van der Waals surface area (Å²) < 4.78 is 0. The van der Waals surface area contributed by atoms with Crippen molar-refractivity contribution in [1.82, 2.24) is 9.80 Å². The first-order chi connectivity index (χ1) is 15.3. The van der Waals surface area contributed by atoms with Gasteiger partial charge in [-0.3, -0.25) is 4.90 Å². The fourth-order valence-corrected chi connectivity index (χ4v) is 5.65. The minimum atomic E-state index is -0.308. The highest BCUT2D eigenvalue weighted by molar-refractivity contribution is 6.35. The Balaban J connectivity index is 1.39. The van der Waals surface area contributed by atoms with Gasteiger partial charge in [0, 0.05) is 29.2 Å². The van der Waals surface area contributed by atoms with Crippen molar-refractivity contribution in [3.05, 3.63) is 62.6 Å². The van der Waals surface area contributed by atoms with Crippen LogP contribution in [0.1, 0.15) is 49.3 Å². The third-order valence-electron chi connectivity index (χ3n) is 6.78. The molecule has 2 atom stereocenters. The molecule has 8 heteroatoms. The Hall–Kier alpha value is -1.66. The number of rotatable bonds is 5. The quantitative estimate of drug-likeness (QED) is 0.523. The Kier molecular flexibility index (Phi) is 7.40. The molecule has 32 heavy (non-hydrogen) atoms. The van der Waals surface area contributed by atoms with Gasteiger partial charge >= 0.3 is 6.03 Å². The highest BCUT2D eigenvalue weighted by Crippen LogP contribution is 2.36. The summed E-state index contributed by atoms with van der Waals surface area (Å²) in [5.74, 6) is 0.493. The third-order valence-corrected chi connectivity index (χ3v) is 7.68. The van der Waals surface area contributed by atoms with Gasteiger partial charge in [-0.2, -0.15) is 0 Å². The second kappa shape index (κ2) is 10.1. The van der Waals surface area contributed by atoms with Crippen molar-refractivity contribution in [2.45, 2.75) is 44.2 Å². The lowest BCUT2D eigenvalue weighted by Crippen LogP contribution is -2.43. The van der Waals surface area contributed by atoms with Crippen molar-refractivity contribution in [2.75, 3.05) is 31.5 Å². The number of hydrogen-bond donors (Lipinski definition) is 2. The molecule has 0 radical (unpaired) electrons. The van der Waals surface area contributed by atoms with Gasteiger partial charge in [-0.05, 0) is 80.6 Å². The van der Waals surface area contributed by atoms with Crippen LogP contribution in [-0.4, -0.2) is 48.1 Å². The molecule has 2 aromatic carbocycles. The zero-order valence-corrected chi connectivity index (χ0v) is 20.4. The molecule has 0 aliphatic carbocycles. The fourth-order valence-electron chi connectivity index (χ4n) is 4.91. The number of carbonyl (C=O) groups is 1. The van der Waals surface area contributed by atoms with E-state index in [9.17, 15) is 4.79 Å². The average molecular weight is 496 g/mol. The first-order valence-electron chi connectivity index (χ1n) is 11.1. The SMILES string of the molecule is CC(Nc1cc(C2CCN(C3CCN(C(N)=O)C3)CC2)ccc1Cl)c1ccc(Cl)cc1Cl. The summed E-state index contributed by atoms with van der Waals surface area (Å²) in [5, 5.41) is 5.47. The number of halogens is 3. The average Bonchev–Trinajstić information content (AvgIpc) is 3.26.